The normalized spacial score (nSPS) is 22.7. The summed E-state index contributed by atoms with van der Waals surface area (Å²) in [5.74, 6) is -0.174. The second kappa shape index (κ2) is 8.78. The van der Waals surface area contributed by atoms with Gasteiger partial charge in [0.15, 0.2) is 0 Å². The number of carbonyl (C=O) groups excluding carboxylic acids is 2. The van der Waals surface area contributed by atoms with E-state index in [4.69, 9.17) is 0 Å². The molecular formula is C24H29N3O2. The standard InChI is InChI=1S/C24H29N3O2/c1-26-20-12-13-21(26)17-27(15-14-20)24(29)22(16-18-8-4-2-5-9-18)25-23(28)19-10-6-3-7-11-19/h2-11,20-22H,12-17H2,1H3,(H,25,28). The van der Waals surface area contributed by atoms with Gasteiger partial charge in [0.2, 0.25) is 5.91 Å². The second-order valence-electron chi connectivity index (χ2n) is 8.21. The van der Waals surface area contributed by atoms with Crippen molar-refractivity contribution < 1.29 is 9.59 Å². The quantitative estimate of drug-likeness (QED) is 0.853. The van der Waals surface area contributed by atoms with E-state index in [0.29, 0.717) is 24.1 Å². The van der Waals surface area contributed by atoms with Crippen LogP contribution in [0.4, 0.5) is 0 Å². The molecule has 0 aromatic heterocycles. The third-order valence-electron chi connectivity index (χ3n) is 6.38. The highest BCUT2D eigenvalue weighted by atomic mass is 16.2. The van der Waals surface area contributed by atoms with Crippen LogP contribution < -0.4 is 5.32 Å². The third-order valence-corrected chi connectivity index (χ3v) is 6.38. The Balaban J connectivity index is 1.52. The molecule has 2 aliphatic rings. The summed E-state index contributed by atoms with van der Waals surface area (Å²) in [5, 5.41) is 3.01. The molecule has 3 atom stereocenters. The van der Waals surface area contributed by atoms with Crippen LogP contribution in [0.1, 0.15) is 35.2 Å². The number of hydrogen-bond acceptors (Lipinski definition) is 3. The summed E-state index contributed by atoms with van der Waals surface area (Å²) in [7, 11) is 2.18. The van der Waals surface area contributed by atoms with E-state index in [-0.39, 0.29) is 11.8 Å². The lowest BCUT2D eigenvalue weighted by atomic mass is 10.0. The van der Waals surface area contributed by atoms with Gasteiger partial charge < -0.3 is 10.2 Å². The average molecular weight is 392 g/mol. The molecule has 3 unspecified atom stereocenters. The molecule has 5 heteroatoms. The molecule has 0 radical (unpaired) electrons. The Labute approximate surface area is 172 Å². The van der Waals surface area contributed by atoms with Crippen LogP contribution in [0, 0.1) is 0 Å². The number of nitrogens with one attached hydrogen (secondary N) is 1. The molecule has 5 nitrogen and oxygen atoms in total. The van der Waals surface area contributed by atoms with Gasteiger partial charge in [0, 0.05) is 37.2 Å². The molecule has 2 aromatic carbocycles. The summed E-state index contributed by atoms with van der Waals surface area (Å²) in [6, 6.07) is 19.5. The Morgan fingerprint density at radius 2 is 1.62 bits per heavy atom. The van der Waals surface area contributed by atoms with Crippen molar-refractivity contribution in [2.45, 2.75) is 43.8 Å². The van der Waals surface area contributed by atoms with Crippen molar-refractivity contribution >= 4 is 11.8 Å². The second-order valence-corrected chi connectivity index (χ2v) is 8.21. The number of rotatable bonds is 5. The summed E-state index contributed by atoms with van der Waals surface area (Å²) in [4.78, 5) is 30.7. The molecular weight excluding hydrogens is 362 g/mol. The van der Waals surface area contributed by atoms with Crippen LogP contribution in [-0.2, 0) is 11.2 Å². The molecule has 29 heavy (non-hydrogen) atoms. The molecule has 0 saturated carbocycles. The van der Waals surface area contributed by atoms with Crippen molar-refractivity contribution in [2.24, 2.45) is 0 Å². The number of nitrogens with zero attached hydrogens (tertiary/aromatic N) is 2. The van der Waals surface area contributed by atoms with E-state index in [9.17, 15) is 9.59 Å². The molecule has 2 amide bonds. The number of likely N-dealkylation sites (tertiary alicyclic amines) is 1. The van der Waals surface area contributed by atoms with E-state index < -0.39 is 6.04 Å². The Kier molecular flexibility index (Phi) is 5.95. The summed E-state index contributed by atoms with van der Waals surface area (Å²) in [6.45, 7) is 1.51. The van der Waals surface area contributed by atoms with E-state index in [1.165, 1.54) is 6.42 Å². The van der Waals surface area contributed by atoms with E-state index in [1.807, 2.05) is 53.4 Å². The van der Waals surface area contributed by atoms with Gasteiger partial charge in [0.1, 0.15) is 6.04 Å². The molecule has 2 aromatic rings. The first kappa shape index (κ1) is 19.6. The van der Waals surface area contributed by atoms with E-state index in [2.05, 4.69) is 17.3 Å². The zero-order valence-electron chi connectivity index (χ0n) is 17.0. The molecule has 2 fully saturated rings. The molecule has 2 bridgehead atoms. The van der Waals surface area contributed by atoms with Crippen LogP contribution in [0.5, 0.6) is 0 Å². The molecule has 0 spiro atoms. The largest absolute Gasteiger partial charge is 0.340 e. The Morgan fingerprint density at radius 1 is 0.966 bits per heavy atom. The Hall–Kier alpha value is -2.66. The first-order valence-electron chi connectivity index (χ1n) is 10.5. The van der Waals surface area contributed by atoms with Gasteiger partial charge in [-0.25, -0.2) is 0 Å². The van der Waals surface area contributed by atoms with Crippen LogP contribution in [0.25, 0.3) is 0 Å². The van der Waals surface area contributed by atoms with Crippen molar-refractivity contribution in [3.63, 3.8) is 0 Å². The van der Waals surface area contributed by atoms with E-state index >= 15 is 0 Å². The van der Waals surface area contributed by atoms with Crippen LogP contribution in [0.2, 0.25) is 0 Å². The van der Waals surface area contributed by atoms with Crippen molar-refractivity contribution in [2.75, 3.05) is 20.1 Å². The fourth-order valence-corrected chi connectivity index (χ4v) is 4.61. The topological polar surface area (TPSA) is 52.6 Å². The monoisotopic (exact) mass is 391 g/mol. The van der Waals surface area contributed by atoms with Crippen molar-refractivity contribution in [1.82, 2.24) is 15.1 Å². The van der Waals surface area contributed by atoms with Gasteiger partial charge in [0.25, 0.3) is 5.91 Å². The number of amides is 2. The highest BCUT2D eigenvalue weighted by molar-refractivity contribution is 5.97. The SMILES string of the molecule is CN1C2CCC1CN(C(=O)C(Cc1ccccc1)NC(=O)c1ccccc1)CC2. The number of fused-ring (bicyclic) bond motifs is 2. The molecule has 4 rings (SSSR count). The van der Waals surface area contributed by atoms with Crippen LogP contribution >= 0.6 is 0 Å². The number of carbonyl (C=O) groups is 2. The van der Waals surface area contributed by atoms with Crippen LogP contribution in [0.3, 0.4) is 0 Å². The zero-order chi connectivity index (χ0) is 20.2. The van der Waals surface area contributed by atoms with Crippen LogP contribution in [-0.4, -0.2) is 59.9 Å². The van der Waals surface area contributed by atoms with Gasteiger partial charge in [-0.2, -0.15) is 0 Å². The highest BCUT2D eigenvalue weighted by Gasteiger charge is 2.37. The van der Waals surface area contributed by atoms with E-state index in [0.717, 1.165) is 31.5 Å². The first-order valence-corrected chi connectivity index (χ1v) is 10.5. The lowest BCUT2D eigenvalue weighted by Crippen LogP contribution is -2.51. The molecule has 2 heterocycles. The summed E-state index contributed by atoms with van der Waals surface area (Å²) >= 11 is 0. The minimum absolute atomic E-state index is 0.0269. The maximum Gasteiger partial charge on any atom is 0.251 e. The predicted molar refractivity (Wildman–Crippen MR) is 114 cm³/mol. The molecule has 2 aliphatic heterocycles. The predicted octanol–water partition coefficient (Wildman–Crippen LogP) is 2.72. The number of benzene rings is 2. The highest BCUT2D eigenvalue weighted by Crippen LogP contribution is 2.28. The molecule has 2 saturated heterocycles. The Bertz CT molecular complexity index is 840. The van der Waals surface area contributed by atoms with Gasteiger partial charge in [-0.1, -0.05) is 48.5 Å². The van der Waals surface area contributed by atoms with Gasteiger partial charge in [-0.3, -0.25) is 14.5 Å². The van der Waals surface area contributed by atoms with Crippen molar-refractivity contribution in [1.29, 1.82) is 0 Å². The van der Waals surface area contributed by atoms with Gasteiger partial charge in [-0.05, 0) is 44.0 Å². The number of hydrogen-bond donors (Lipinski definition) is 1. The molecule has 152 valence electrons. The minimum atomic E-state index is -0.563. The lowest BCUT2D eigenvalue weighted by molar-refractivity contribution is -0.133. The first-order chi connectivity index (χ1) is 14.1. The molecule has 0 aliphatic carbocycles. The Morgan fingerprint density at radius 3 is 2.34 bits per heavy atom. The third kappa shape index (κ3) is 4.51. The summed E-state index contributed by atoms with van der Waals surface area (Å²) in [5.41, 5.74) is 1.63. The van der Waals surface area contributed by atoms with Crippen molar-refractivity contribution in [3.8, 4) is 0 Å². The van der Waals surface area contributed by atoms with Gasteiger partial charge in [0.05, 0.1) is 0 Å². The zero-order valence-corrected chi connectivity index (χ0v) is 17.0. The van der Waals surface area contributed by atoms with E-state index in [1.54, 1.807) is 12.1 Å². The smallest absolute Gasteiger partial charge is 0.251 e. The average Bonchev–Trinajstić information content (AvgIpc) is 3.00. The lowest BCUT2D eigenvalue weighted by Gasteiger charge is -2.30. The fourth-order valence-electron chi connectivity index (χ4n) is 4.61. The van der Waals surface area contributed by atoms with Gasteiger partial charge >= 0.3 is 0 Å². The fraction of sp³-hybridized carbons (Fsp3) is 0.417. The molecule has 1 N–H and O–H groups in total. The van der Waals surface area contributed by atoms with Gasteiger partial charge in [-0.15, -0.1) is 0 Å². The van der Waals surface area contributed by atoms with Crippen molar-refractivity contribution in [3.05, 3.63) is 71.8 Å². The van der Waals surface area contributed by atoms with Crippen LogP contribution in [0.15, 0.2) is 60.7 Å². The summed E-state index contributed by atoms with van der Waals surface area (Å²) < 4.78 is 0. The maximum absolute atomic E-state index is 13.5. The minimum Gasteiger partial charge on any atom is -0.340 e. The summed E-state index contributed by atoms with van der Waals surface area (Å²) in [6.07, 6.45) is 3.87. The maximum atomic E-state index is 13.5. The number of likely N-dealkylation sites (N-methyl/N-ethyl adjacent to an activating group) is 1.